The maximum atomic E-state index is 12.1. The fraction of sp³-hybridized carbons (Fsp3) is 0.150. The molecular weight excluding hydrogens is 364 g/mol. The van der Waals surface area contributed by atoms with Gasteiger partial charge in [-0.25, -0.2) is 9.59 Å². The third kappa shape index (κ3) is 3.80. The molecule has 1 saturated heterocycles. The van der Waals surface area contributed by atoms with Crippen molar-refractivity contribution in [3.05, 3.63) is 64.9 Å². The van der Waals surface area contributed by atoms with Crippen molar-refractivity contribution in [1.82, 2.24) is 10.2 Å². The van der Waals surface area contributed by atoms with Crippen LogP contribution >= 0.6 is 0 Å². The summed E-state index contributed by atoms with van der Waals surface area (Å²) in [5, 5.41) is 11.6. The fourth-order valence-electron chi connectivity index (χ4n) is 2.69. The Balaban J connectivity index is 1.90. The van der Waals surface area contributed by atoms with Gasteiger partial charge >= 0.3 is 12.0 Å². The van der Waals surface area contributed by atoms with Gasteiger partial charge in [0.1, 0.15) is 12.3 Å². The van der Waals surface area contributed by atoms with E-state index >= 15 is 0 Å². The summed E-state index contributed by atoms with van der Waals surface area (Å²) >= 11 is 0. The number of likely N-dealkylation sites (N-methyl/N-ethyl adjacent to an activating group) is 1. The zero-order chi connectivity index (χ0) is 20.3. The van der Waals surface area contributed by atoms with Gasteiger partial charge in [0.2, 0.25) is 0 Å². The molecular formula is C20H18N2O6. The highest BCUT2D eigenvalue weighted by Crippen LogP contribution is 2.33. The number of nitrogens with zero attached hydrogens (tertiary/aromatic N) is 1. The number of aromatic carboxylic acids is 1. The van der Waals surface area contributed by atoms with Gasteiger partial charge in [0.25, 0.3) is 5.91 Å². The summed E-state index contributed by atoms with van der Waals surface area (Å²) in [7, 11) is 2.87. The number of hydrogen-bond acceptors (Lipinski definition) is 5. The summed E-state index contributed by atoms with van der Waals surface area (Å²) < 4.78 is 11.2. The molecule has 0 radical (unpaired) electrons. The highest BCUT2D eigenvalue weighted by atomic mass is 16.5. The van der Waals surface area contributed by atoms with Crippen molar-refractivity contribution in [3.63, 3.8) is 0 Å². The lowest BCUT2D eigenvalue weighted by atomic mass is 10.1. The Labute approximate surface area is 161 Å². The topological polar surface area (TPSA) is 105 Å². The second-order valence-corrected chi connectivity index (χ2v) is 6.03. The number of imide groups is 1. The van der Waals surface area contributed by atoms with Crippen LogP contribution in [0.5, 0.6) is 11.5 Å². The van der Waals surface area contributed by atoms with E-state index in [-0.39, 0.29) is 17.9 Å². The van der Waals surface area contributed by atoms with Gasteiger partial charge in [0.15, 0.2) is 11.5 Å². The van der Waals surface area contributed by atoms with Crippen molar-refractivity contribution < 1.29 is 29.0 Å². The van der Waals surface area contributed by atoms with Crippen LogP contribution in [0, 0.1) is 0 Å². The molecule has 1 aliphatic heterocycles. The van der Waals surface area contributed by atoms with Crippen LogP contribution in [-0.4, -0.2) is 42.1 Å². The average Bonchev–Trinajstić information content (AvgIpc) is 2.93. The maximum Gasteiger partial charge on any atom is 0.335 e. The van der Waals surface area contributed by atoms with Gasteiger partial charge in [-0.2, -0.15) is 0 Å². The molecule has 1 aliphatic rings. The molecule has 0 bridgehead atoms. The molecule has 28 heavy (non-hydrogen) atoms. The van der Waals surface area contributed by atoms with Crippen molar-refractivity contribution in [2.24, 2.45) is 0 Å². The van der Waals surface area contributed by atoms with Crippen LogP contribution in [-0.2, 0) is 11.4 Å². The normalized spacial score (nSPS) is 14.9. The third-order valence-electron chi connectivity index (χ3n) is 4.17. The minimum absolute atomic E-state index is 0.0951. The number of benzene rings is 2. The molecule has 2 N–H and O–H groups in total. The van der Waals surface area contributed by atoms with Crippen LogP contribution in [0.3, 0.4) is 0 Å². The first kappa shape index (κ1) is 19.0. The van der Waals surface area contributed by atoms with Crippen molar-refractivity contribution >= 4 is 24.0 Å². The molecule has 1 heterocycles. The highest BCUT2D eigenvalue weighted by Gasteiger charge is 2.30. The molecule has 0 saturated carbocycles. The first-order valence-corrected chi connectivity index (χ1v) is 8.33. The van der Waals surface area contributed by atoms with Gasteiger partial charge in [0, 0.05) is 12.6 Å². The lowest BCUT2D eigenvalue weighted by molar-refractivity contribution is -0.121. The molecule has 8 heteroatoms. The van der Waals surface area contributed by atoms with Gasteiger partial charge in [0.05, 0.1) is 12.7 Å². The van der Waals surface area contributed by atoms with E-state index in [1.807, 2.05) is 0 Å². The van der Waals surface area contributed by atoms with E-state index in [9.17, 15) is 14.4 Å². The van der Waals surface area contributed by atoms with Crippen LogP contribution in [0.4, 0.5) is 4.79 Å². The number of rotatable bonds is 6. The standard InChI is InChI=1S/C20H18N2O6/c1-22-18(23)15(21-20(22)26)10-13-6-4-8-16(27-2)17(13)28-11-12-5-3-7-14(9-12)19(24)25/h3-10H,11H2,1-2H3,(H,21,26)(H,24,25)/b15-10+. The number of carboxylic acid groups (broad SMARTS) is 1. The summed E-state index contributed by atoms with van der Waals surface area (Å²) in [5.41, 5.74) is 1.48. The van der Waals surface area contributed by atoms with Crippen LogP contribution in [0.25, 0.3) is 6.08 Å². The number of para-hydroxylation sites is 1. The molecule has 3 rings (SSSR count). The number of nitrogens with one attached hydrogen (secondary N) is 1. The summed E-state index contributed by atoms with van der Waals surface area (Å²) in [4.78, 5) is 35.8. The summed E-state index contributed by atoms with van der Waals surface area (Å²) in [6.45, 7) is 0.0951. The second-order valence-electron chi connectivity index (χ2n) is 6.03. The Morgan fingerprint density at radius 2 is 1.96 bits per heavy atom. The third-order valence-corrected chi connectivity index (χ3v) is 4.17. The number of carbonyl (C=O) groups is 3. The Morgan fingerprint density at radius 3 is 2.61 bits per heavy atom. The average molecular weight is 382 g/mol. The minimum Gasteiger partial charge on any atom is -0.493 e. The molecule has 1 fully saturated rings. The smallest absolute Gasteiger partial charge is 0.335 e. The van der Waals surface area contributed by atoms with E-state index in [0.717, 1.165) is 4.90 Å². The number of methoxy groups -OCH3 is 1. The number of carbonyl (C=O) groups excluding carboxylic acids is 2. The molecule has 0 spiro atoms. The molecule has 2 aromatic rings. The van der Waals surface area contributed by atoms with Crippen molar-refractivity contribution in [1.29, 1.82) is 0 Å². The molecule has 2 aromatic carbocycles. The SMILES string of the molecule is COc1cccc(/C=C2/NC(=O)N(C)C2=O)c1OCc1cccc(C(=O)O)c1. The van der Waals surface area contributed by atoms with Gasteiger partial charge < -0.3 is 19.9 Å². The number of hydrogen-bond donors (Lipinski definition) is 2. The first-order chi connectivity index (χ1) is 13.4. The number of amides is 3. The van der Waals surface area contributed by atoms with Crippen molar-refractivity contribution in [2.45, 2.75) is 6.61 Å². The maximum absolute atomic E-state index is 12.1. The van der Waals surface area contributed by atoms with Gasteiger partial charge in [-0.3, -0.25) is 9.69 Å². The number of ether oxygens (including phenoxy) is 2. The molecule has 0 atom stereocenters. The van der Waals surface area contributed by atoms with Gasteiger partial charge in [-0.1, -0.05) is 24.3 Å². The lowest BCUT2D eigenvalue weighted by Gasteiger charge is -2.14. The van der Waals surface area contributed by atoms with E-state index in [1.165, 1.54) is 32.4 Å². The molecule has 0 aromatic heterocycles. The van der Waals surface area contributed by atoms with Crippen LogP contribution in [0.1, 0.15) is 21.5 Å². The van der Waals surface area contributed by atoms with E-state index in [0.29, 0.717) is 22.6 Å². The molecule has 0 unspecified atom stereocenters. The lowest BCUT2D eigenvalue weighted by Crippen LogP contribution is -2.25. The highest BCUT2D eigenvalue weighted by molar-refractivity contribution is 6.13. The predicted molar refractivity (Wildman–Crippen MR) is 100 cm³/mol. The Kier molecular flexibility index (Phi) is 5.30. The van der Waals surface area contributed by atoms with E-state index in [4.69, 9.17) is 14.6 Å². The monoisotopic (exact) mass is 382 g/mol. The zero-order valence-electron chi connectivity index (χ0n) is 15.3. The second kappa shape index (κ2) is 7.83. The first-order valence-electron chi connectivity index (χ1n) is 8.33. The summed E-state index contributed by atoms with van der Waals surface area (Å²) in [6, 6.07) is 11.0. The van der Waals surface area contributed by atoms with Crippen molar-refractivity contribution in [3.8, 4) is 11.5 Å². The number of carboxylic acids is 1. The van der Waals surface area contributed by atoms with E-state index < -0.39 is 17.9 Å². The van der Waals surface area contributed by atoms with Crippen LogP contribution in [0.15, 0.2) is 48.2 Å². The van der Waals surface area contributed by atoms with Crippen LogP contribution < -0.4 is 14.8 Å². The van der Waals surface area contributed by atoms with Gasteiger partial charge in [-0.15, -0.1) is 0 Å². The molecule has 3 amide bonds. The molecule has 144 valence electrons. The molecule has 8 nitrogen and oxygen atoms in total. The predicted octanol–water partition coefficient (Wildman–Crippen LogP) is 2.49. The Bertz CT molecular complexity index is 982. The van der Waals surface area contributed by atoms with E-state index in [2.05, 4.69) is 5.32 Å². The molecule has 0 aliphatic carbocycles. The summed E-state index contributed by atoms with van der Waals surface area (Å²) in [5.74, 6) is -0.666. The van der Waals surface area contributed by atoms with Crippen molar-refractivity contribution in [2.75, 3.05) is 14.2 Å². The van der Waals surface area contributed by atoms with Crippen LogP contribution in [0.2, 0.25) is 0 Å². The zero-order valence-corrected chi connectivity index (χ0v) is 15.3. The minimum atomic E-state index is -1.02. The Hall–Kier alpha value is -3.81. The quantitative estimate of drug-likeness (QED) is 0.587. The fourth-order valence-corrected chi connectivity index (χ4v) is 2.69. The van der Waals surface area contributed by atoms with E-state index in [1.54, 1.807) is 30.3 Å². The summed E-state index contributed by atoms with van der Waals surface area (Å²) in [6.07, 6.45) is 1.51. The van der Waals surface area contributed by atoms with Gasteiger partial charge in [-0.05, 0) is 29.8 Å². The number of urea groups is 1. The largest absolute Gasteiger partial charge is 0.493 e. The Morgan fingerprint density at radius 1 is 1.21 bits per heavy atom.